The van der Waals surface area contributed by atoms with Gasteiger partial charge in [0.15, 0.2) is 6.10 Å². The van der Waals surface area contributed by atoms with Crippen LogP contribution in [0.25, 0.3) is 0 Å². The normalized spacial score (nSPS) is 19.4. The number of amides is 1. The molecule has 0 fully saturated rings. The molecule has 0 spiro atoms. The molecular weight excluding hydrogens is 424 g/mol. The Balaban J connectivity index is 0.00000320. The van der Waals surface area contributed by atoms with Gasteiger partial charge in [-0.05, 0) is 50.8 Å². The molecule has 8 heteroatoms. The fourth-order valence-electron chi connectivity index (χ4n) is 3.28. The Morgan fingerprint density at radius 1 is 1.13 bits per heavy atom. The molecular formula is C22H27ClN2O4S. The first kappa shape index (κ1) is 24.1. The molecule has 1 amide bonds. The average molecular weight is 451 g/mol. The summed E-state index contributed by atoms with van der Waals surface area (Å²) in [7, 11) is 5.44. The number of anilines is 1. The van der Waals surface area contributed by atoms with Gasteiger partial charge in [-0.25, -0.2) is 0 Å². The summed E-state index contributed by atoms with van der Waals surface area (Å²) in [5.74, 6) is 0.0107. The number of carbonyl (C=O) groups excluding carboxylic acids is 2. The van der Waals surface area contributed by atoms with E-state index in [-0.39, 0.29) is 29.7 Å². The standard InChI is InChI=1S/C22H26N2O4S.ClH/c1-14(23(3)4)24-18-8-6-7-9-19(18)29-21(20(22(24)26)28-15(2)25)16-10-12-17(27-5)13-11-16;/h6-14,20-21H,1-5H3;1H/t14?,20-,21+;/m1./s1. The summed E-state index contributed by atoms with van der Waals surface area (Å²) in [6.07, 6.45) is -1.15. The van der Waals surface area contributed by atoms with E-state index in [2.05, 4.69) is 0 Å². The average Bonchev–Trinajstić information content (AvgIpc) is 2.82. The van der Waals surface area contributed by atoms with Crippen molar-refractivity contribution in [3.05, 3.63) is 54.1 Å². The van der Waals surface area contributed by atoms with Crippen molar-refractivity contribution in [1.82, 2.24) is 4.90 Å². The number of benzene rings is 2. The summed E-state index contributed by atoms with van der Waals surface area (Å²) < 4.78 is 10.8. The molecule has 2 aromatic carbocycles. The van der Waals surface area contributed by atoms with Gasteiger partial charge in [0.25, 0.3) is 5.91 Å². The molecule has 2 aromatic rings. The number of hydrogen-bond acceptors (Lipinski definition) is 6. The maximum Gasteiger partial charge on any atom is 0.303 e. The monoisotopic (exact) mass is 450 g/mol. The fraction of sp³-hybridized carbons (Fsp3) is 0.364. The Bertz CT molecular complexity index is 891. The minimum absolute atomic E-state index is 0. The summed E-state index contributed by atoms with van der Waals surface area (Å²) >= 11 is 1.53. The molecule has 0 aliphatic carbocycles. The first-order valence-electron chi connectivity index (χ1n) is 9.40. The first-order valence-corrected chi connectivity index (χ1v) is 10.3. The topological polar surface area (TPSA) is 59.1 Å². The number of esters is 1. The zero-order valence-corrected chi connectivity index (χ0v) is 19.3. The quantitative estimate of drug-likeness (QED) is 0.638. The number of para-hydroxylation sites is 1. The van der Waals surface area contributed by atoms with Gasteiger partial charge in [-0.2, -0.15) is 0 Å². The Labute approximate surface area is 187 Å². The number of nitrogens with zero attached hydrogens (tertiary/aromatic N) is 2. The second kappa shape index (κ2) is 10.2. The van der Waals surface area contributed by atoms with Crippen molar-refractivity contribution < 1.29 is 19.1 Å². The van der Waals surface area contributed by atoms with Crippen LogP contribution in [-0.2, 0) is 14.3 Å². The highest BCUT2D eigenvalue weighted by atomic mass is 35.5. The lowest BCUT2D eigenvalue weighted by atomic mass is 10.1. The Morgan fingerprint density at radius 2 is 1.77 bits per heavy atom. The maximum absolute atomic E-state index is 13.7. The predicted octanol–water partition coefficient (Wildman–Crippen LogP) is 4.14. The van der Waals surface area contributed by atoms with Gasteiger partial charge in [0.2, 0.25) is 0 Å². The summed E-state index contributed by atoms with van der Waals surface area (Å²) in [5, 5.41) is -0.377. The SMILES string of the molecule is COc1ccc([C@@H]2Sc3ccccc3N(C(C)N(C)C)C(=O)[C@@H]2OC(C)=O)cc1.Cl. The van der Waals surface area contributed by atoms with Crippen LogP contribution in [0.5, 0.6) is 5.75 Å². The lowest BCUT2D eigenvalue weighted by Gasteiger charge is -2.35. The smallest absolute Gasteiger partial charge is 0.303 e. The highest BCUT2D eigenvalue weighted by molar-refractivity contribution is 7.99. The summed E-state index contributed by atoms with van der Waals surface area (Å²) in [5.41, 5.74) is 1.71. The first-order chi connectivity index (χ1) is 13.8. The zero-order valence-electron chi connectivity index (χ0n) is 17.7. The highest BCUT2D eigenvalue weighted by Crippen LogP contribution is 2.47. The van der Waals surface area contributed by atoms with Crippen LogP contribution in [-0.4, -0.2) is 50.3 Å². The largest absolute Gasteiger partial charge is 0.497 e. The van der Waals surface area contributed by atoms with Crippen molar-refractivity contribution in [1.29, 1.82) is 0 Å². The van der Waals surface area contributed by atoms with Crippen LogP contribution in [0.2, 0.25) is 0 Å². The lowest BCUT2D eigenvalue weighted by Crippen LogP contribution is -2.51. The Morgan fingerprint density at radius 3 is 2.33 bits per heavy atom. The molecule has 0 radical (unpaired) electrons. The van der Waals surface area contributed by atoms with Crippen LogP contribution in [0.1, 0.15) is 24.7 Å². The third kappa shape index (κ3) is 4.91. The molecule has 1 heterocycles. The van der Waals surface area contributed by atoms with Gasteiger partial charge in [0, 0.05) is 11.8 Å². The molecule has 0 saturated heterocycles. The number of rotatable bonds is 5. The van der Waals surface area contributed by atoms with E-state index in [0.717, 1.165) is 21.9 Å². The van der Waals surface area contributed by atoms with Crippen LogP contribution < -0.4 is 9.64 Å². The van der Waals surface area contributed by atoms with Gasteiger partial charge in [0.05, 0.1) is 24.2 Å². The van der Waals surface area contributed by atoms with Gasteiger partial charge in [0.1, 0.15) is 5.75 Å². The molecule has 1 aliphatic heterocycles. The van der Waals surface area contributed by atoms with E-state index in [4.69, 9.17) is 9.47 Å². The van der Waals surface area contributed by atoms with Gasteiger partial charge in [-0.15, -0.1) is 24.2 Å². The summed E-state index contributed by atoms with van der Waals surface area (Å²) in [6.45, 7) is 3.29. The fourth-order valence-corrected chi connectivity index (χ4v) is 4.59. The van der Waals surface area contributed by atoms with E-state index in [9.17, 15) is 9.59 Å². The molecule has 0 aromatic heterocycles. The molecule has 162 valence electrons. The lowest BCUT2D eigenvalue weighted by molar-refractivity contribution is -0.153. The van der Waals surface area contributed by atoms with Crippen LogP contribution >= 0.6 is 24.2 Å². The highest BCUT2D eigenvalue weighted by Gasteiger charge is 2.42. The summed E-state index contributed by atoms with van der Waals surface area (Å²) in [6, 6.07) is 15.3. The van der Waals surface area contributed by atoms with E-state index in [1.807, 2.05) is 74.4 Å². The molecule has 6 nitrogen and oxygen atoms in total. The molecule has 1 aliphatic rings. The Kier molecular flexibility index (Phi) is 8.18. The minimum atomic E-state index is -0.944. The third-order valence-corrected chi connectivity index (χ3v) is 6.37. The van der Waals surface area contributed by atoms with E-state index in [0.29, 0.717) is 0 Å². The minimum Gasteiger partial charge on any atom is -0.497 e. The number of fused-ring (bicyclic) bond motifs is 1. The molecule has 1 unspecified atom stereocenters. The van der Waals surface area contributed by atoms with Crippen molar-refractivity contribution in [3.63, 3.8) is 0 Å². The van der Waals surface area contributed by atoms with Gasteiger partial charge >= 0.3 is 5.97 Å². The van der Waals surface area contributed by atoms with Crippen molar-refractivity contribution in [3.8, 4) is 5.75 Å². The molecule has 0 saturated carbocycles. The number of hydrogen-bond donors (Lipinski definition) is 0. The van der Waals surface area contributed by atoms with E-state index < -0.39 is 12.1 Å². The van der Waals surface area contributed by atoms with Crippen LogP contribution in [0.15, 0.2) is 53.4 Å². The van der Waals surface area contributed by atoms with Crippen LogP contribution in [0.3, 0.4) is 0 Å². The molecule has 0 N–H and O–H groups in total. The van der Waals surface area contributed by atoms with E-state index in [1.165, 1.54) is 18.7 Å². The number of carbonyl (C=O) groups is 2. The molecule has 30 heavy (non-hydrogen) atoms. The number of halogens is 1. The van der Waals surface area contributed by atoms with Gasteiger partial charge in [-0.3, -0.25) is 19.4 Å². The maximum atomic E-state index is 13.7. The van der Waals surface area contributed by atoms with Crippen molar-refractivity contribution in [2.75, 3.05) is 26.1 Å². The second-order valence-corrected chi connectivity index (χ2v) is 8.30. The van der Waals surface area contributed by atoms with Crippen LogP contribution in [0.4, 0.5) is 5.69 Å². The van der Waals surface area contributed by atoms with E-state index >= 15 is 0 Å². The number of ether oxygens (including phenoxy) is 2. The number of thioether (sulfide) groups is 1. The molecule has 0 bridgehead atoms. The number of methoxy groups -OCH3 is 1. The van der Waals surface area contributed by atoms with Gasteiger partial charge < -0.3 is 9.47 Å². The van der Waals surface area contributed by atoms with E-state index in [1.54, 1.807) is 12.0 Å². The third-order valence-electron chi connectivity index (χ3n) is 4.99. The van der Waals surface area contributed by atoms with Crippen molar-refractivity contribution >= 4 is 41.7 Å². The summed E-state index contributed by atoms with van der Waals surface area (Å²) in [4.78, 5) is 30.2. The zero-order chi connectivity index (χ0) is 21.1. The second-order valence-electron chi connectivity index (χ2n) is 7.11. The molecule has 3 atom stereocenters. The van der Waals surface area contributed by atoms with Crippen molar-refractivity contribution in [2.24, 2.45) is 0 Å². The molecule has 3 rings (SSSR count). The van der Waals surface area contributed by atoms with Gasteiger partial charge in [-0.1, -0.05) is 24.3 Å². The predicted molar refractivity (Wildman–Crippen MR) is 121 cm³/mol. The Hall–Kier alpha value is -2.22. The van der Waals surface area contributed by atoms with Crippen LogP contribution in [0, 0.1) is 0 Å². The van der Waals surface area contributed by atoms with Crippen molar-refractivity contribution in [2.45, 2.75) is 36.3 Å².